The molecule has 6 nitrogen and oxygen atoms in total. The van der Waals surface area contributed by atoms with Crippen LogP contribution in [-0.2, 0) is 9.59 Å². The SMILES string of the molecule is CC1(C)NC(=O)N(CCC(=O)N[C@@H]2CCSc3ccccc32)C1=O. The number of benzene rings is 1. The van der Waals surface area contributed by atoms with Crippen LogP contribution in [0.2, 0.25) is 0 Å². The maximum Gasteiger partial charge on any atom is 0.325 e. The van der Waals surface area contributed by atoms with Crippen molar-refractivity contribution < 1.29 is 14.4 Å². The van der Waals surface area contributed by atoms with Crippen molar-refractivity contribution in [2.45, 2.75) is 43.2 Å². The highest BCUT2D eigenvalue weighted by atomic mass is 32.2. The molecule has 0 aliphatic carbocycles. The number of carbonyl (C=O) groups is 3. The van der Waals surface area contributed by atoms with Gasteiger partial charge in [-0.25, -0.2) is 4.79 Å². The Balaban J connectivity index is 1.58. The molecule has 1 aromatic rings. The molecule has 0 spiro atoms. The lowest BCUT2D eigenvalue weighted by Gasteiger charge is -2.26. The van der Waals surface area contributed by atoms with E-state index >= 15 is 0 Å². The molecule has 128 valence electrons. The molecule has 2 heterocycles. The molecule has 3 rings (SSSR count). The molecule has 0 aromatic heterocycles. The minimum Gasteiger partial charge on any atom is -0.349 e. The molecule has 0 saturated carbocycles. The second-order valence-electron chi connectivity index (χ2n) is 6.56. The van der Waals surface area contributed by atoms with Gasteiger partial charge in [0.05, 0.1) is 6.04 Å². The van der Waals surface area contributed by atoms with Crippen LogP contribution in [0.3, 0.4) is 0 Å². The van der Waals surface area contributed by atoms with Gasteiger partial charge in [-0.15, -0.1) is 11.8 Å². The first-order valence-corrected chi connectivity index (χ1v) is 9.02. The number of nitrogens with one attached hydrogen (secondary N) is 2. The van der Waals surface area contributed by atoms with Crippen molar-refractivity contribution >= 4 is 29.6 Å². The molecule has 1 fully saturated rings. The molecule has 2 aliphatic rings. The lowest BCUT2D eigenvalue weighted by atomic mass is 10.0. The summed E-state index contributed by atoms with van der Waals surface area (Å²) in [5.74, 6) is 0.523. The first-order chi connectivity index (χ1) is 11.4. The average molecular weight is 347 g/mol. The first-order valence-electron chi connectivity index (χ1n) is 8.04. The van der Waals surface area contributed by atoms with Crippen LogP contribution < -0.4 is 10.6 Å². The van der Waals surface area contributed by atoms with E-state index in [9.17, 15) is 14.4 Å². The third-order valence-corrected chi connectivity index (χ3v) is 5.42. The van der Waals surface area contributed by atoms with E-state index in [1.165, 1.54) is 4.90 Å². The van der Waals surface area contributed by atoms with E-state index in [4.69, 9.17) is 0 Å². The van der Waals surface area contributed by atoms with Crippen LogP contribution in [0.5, 0.6) is 0 Å². The molecule has 0 unspecified atom stereocenters. The summed E-state index contributed by atoms with van der Waals surface area (Å²) in [4.78, 5) is 38.5. The van der Waals surface area contributed by atoms with E-state index in [1.807, 2.05) is 18.2 Å². The van der Waals surface area contributed by atoms with Crippen LogP contribution in [-0.4, -0.2) is 40.6 Å². The molecule has 0 radical (unpaired) electrons. The van der Waals surface area contributed by atoms with Crippen LogP contribution in [0.25, 0.3) is 0 Å². The molecule has 2 N–H and O–H groups in total. The number of hydrogen-bond acceptors (Lipinski definition) is 4. The second-order valence-corrected chi connectivity index (χ2v) is 7.69. The van der Waals surface area contributed by atoms with Crippen molar-refractivity contribution in [3.8, 4) is 0 Å². The second kappa shape index (κ2) is 6.47. The zero-order valence-electron chi connectivity index (χ0n) is 13.8. The van der Waals surface area contributed by atoms with Crippen LogP contribution in [0, 0.1) is 0 Å². The number of carbonyl (C=O) groups excluding carboxylic acids is 3. The first kappa shape index (κ1) is 16.8. The van der Waals surface area contributed by atoms with E-state index in [1.54, 1.807) is 25.6 Å². The molecule has 1 saturated heterocycles. The largest absolute Gasteiger partial charge is 0.349 e. The van der Waals surface area contributed by atoms with Gasteiger partial charge in [-0.1, -0.05) is 18.2 Å². The van der Waals surface area contributed by atoms with Crippen LogP contribution in [0.4, 0.5) is 4.79 Å². The van der Waals surface area contributed by atoms with Gasteiger partial charge in [0.15, 0.2) is 0 Å². The van der Waals surface area contributed by atoms with Gasteiger partial charge < -0.3 is 10.6 Å². The van der Waals surface area contributed by atoms with Gasteiger partial charge in [0.1, 0.15) is 5.54 Å². The normalized spacial score (nSPS) is 22.1. The molecule has 4 amide bonds. The zero-order chi connectivity index (χ0) is 17.3. The fourth-order valence-electron chi connectivity index (χ4n) is 2.99. The molecule has 7 heteroatoms. The number of urea groups is 1. The standard InChI is InChI=1S/C17H21N3O3S/c1-17(2)15(22)20(16(23)19-17)9-7-14(21)18-12-8-10-24-13-6-4-3-5-11(12)13/h3-6,12H,7-10H2,1-2H3,(H,18,21)(H,19,23)/t12-/m1/s1. The summed E-state index contributed by atoms with van der Waals surface area (Å²) in [5, 5.41) is 5.64. The minimum absolute atomic E-state index is 0.00510. The Hall–Kier alpha value is -2.02. The van der Waals surface area contributed by atoms with Crippen molar-refractivity contribution in [3.63, 3.8) is 0 Å². The topological polar surface area (TPSA) is 78.5 Å². The lowest BCUT2D eigenvalue weighted by molar-refractivity contribution is -0.130. The number of fused-ring (bicyclic) bond motifs is 1. The van der Waals surface area contributed by atoms with Gasteiger partial charge in [0, 0.05) is 23.6 Å². The summed E-state index contributed by atoms with van der Waals surface area (Å²) in [5.41, 5.74) is 0.242. The fourth-order valence-corrected chi connectivity index (χ4v) is 4.12. The van der Waals surface area contributed by atoms with Crippen LogP contribution >= 0.6 is 11.8 Å². The zero-order valence-corrected chi connectivity index (χ0v) is 14.6. The Kier molecular flexibility index (Phi) is 4.54. The smallest absolute Gasteiger partial charge is 0.325 e. The average Bonchev–Trinajstić information content (AvgIpc) is 2.74. The van der Waals surface area contributed by atoms with Gasteiger partial charge >= 0.3 is 6.03 Å². The molecule has 0 bridgehead atoms. The van der Waals surface area contributed by atoms with E-state index in [0.717, 1.165) is 22.6 Å². The summed E-state index contributed by atoms with van der Waals surface area (Å²) in [6.45, 7) is 3.41. The van der Waals surface area contributed by atoms with Crippen LogP contribution in [0.1, 0.15) is 38.3 Å². The van der Waals surface area contributed by atoms with Gasteiger partial charge in [-0.05, 0) is 31.9 Å². The Morgan fingerprint density at radius 2 is 2.12 bits per heavy atom. The van der Waals surface area contributed by atoms with Crippen molar-refractivity contribution in [2.24, 2.45) is 0 Å². The predicted molar refractivity (Wildman–Crippen MR) is 91.6 cm³/mol. The highest BCUT2D eigenvalue weighted by Gasteiger charge is 2.44. The number of amides is 4. The summed E-state index contributed by atoms with van der Waals surface area (Å²) in [7, 11) is 0. The Bertz CT molecular complexity index is 689. The van der Waals surface area contributed by atoms with Gasteiger partial charge in [0.25, 0.3) is 5.91 Å². The number of imide groups is 1. The highest BCUT2D eigenvalue weighted by Crippen LogP contribution is 2.35. The Morgan fingerprint density at radius 3 is 2.83 bits per heavy atom. The van der Waals surface area contributed by atoms with Crippen molar-refractivity contribution in [3.05, 3.63) is 29.8 Å². The number of thioether (sulfide) groups is 1. The summed E-state index contributed by atoms with van der Waals surface area (Å²) in [6, 6.07) is 7.63. The van der Waals surface area contributed by atoms with E-state index in [2.05, 4.69) is 16.7 Å². The van der Waals surface area contributed by atoms with E-state index < -0.39 is 11.6 Å². The molecule has 24 heavy (non-hydrogen) atoms. The van der Waals surface area contributed by atoms with Crippen molar-refractivity contribution in [1.29, 1.82) is 0 Å². The Morgan fingerprint density at radius 1 is 1.38 bits per heavy atom. The Labute approximate surface area is 145 Å². The number of nitrogens with zero attached hydrogens (tertiary/aromatic N) is 1. The highest BCUT2D eigenvalue weighted by molar-refractivity contribution is 7.99. The molecular weight excluding hydrogens is 326 g/mol. The number of hydrogen-bond donors (Lipinski definition) is 2. The molecular formula is C17H21N3O3S. The van der Waals surface area contributed by atoms with Crippen molar-refractivity contribution in [2.75, 3.05) is 12.3 Å². The van der Waals surface area contributed by atoms with Crippen molar-refractivity contribution in [1.82, 2.24) is 15.5 Å². The number of rotatable bonds is 4. The fraction of sp³-hybridized carbons (Fsp3) is 0.471. The van der Waals surface area contributed by atoms with E-state index in [0.29, 0.717) is 0 Å². The molecule has 1 aromatic carbocycles. The van der Waals surface area contributed by atoms with Gasteiger partial charge in [0.2, 0.25) is 5.91 Å². The van der Waals surface area contributed by atoms with Gasteiger partial charge in [-0.2, -0.15) is 0 Å². The predicted octanol–water partition coefficient (Wildman–Crippen LogP) is 2.06. The van der Waals surface area contributed by atoms with Crippen LogP contribution in [0.15, 0.2) is 29.2 Å². The third kappa shape index (κ3) is 3.26. The lowest BCUT2D eigenvalue weighted by Crippen LogP contribution is -2.41. The third-order valence-electron chi connectivity index (χ3n) is 4.30. The molecule has 1 atom stereocenters. The summed E-state index contributed by atoms with van der Waals surface area (Å²) < 4.78 is 0. The summed E-state index contributed by atoms with van der Waals surface area (Å²) in [6.07, 6.45) is 0.991. The minimum atomic E-state index is -0.896. The van der Waals surface area contributed by atoms with Gasteiger partial charge in [-0.3, -0.25) is 14.5 Å². The maximum absolute atomic E-state index is 12.3. The van der Waals surface area contributed by atoms with E-state index in [-0.39, 0.29) is 30.8 Å². The monoisotopic (exact) mass is 347 g/mol. The summed E-state index contributed by atoms with van der Waals surface area (Å²) >= 11 is 1.80. The quantitative estimate of drug-likeness (QED) is 0.817. The maximum atomic E-state index is 12.3. The molecule has 2 aliphatic heterocycles.